The highest BCUT2D eigenvalue weighted by Gasteiger charge is 2.16. The minimum absolute atomic E-state index is 0.0201. The van der Waals surface area contributed by atoms with E-state index >= 15 is 0 Å². The number of anilines is 1. The van der Waals surface area contributed by atoms with E-state index in [1.807, 2.05) is 30.3 Å². The first-order valence-corrected chi connectivity index (χ1v) is 9.45. The number of hydrogen-bond donors (Lipinski definition) is 2. The molecule has 1 aliphatic carbocycles. The van der Waals surface area contributed by atoms with Crippen molar-refractivity contribution < 1.29 is 9.59 Å². The van der Waals surface area contributed by atoms with Crippen LogP contribution in [0.15, 0.2) is 54.6 Å². The molecule has 0 bridgehead atoms. The third-order valence-corrected chi connectivity index (χ3v) is 4.85. The number of rotatable bonds is 6. The second-order valence-electron chi connectivity index (χ2n) is 6.92. The molecule has 1 fully saturated rings. The lowest BCUT2D eigenvalue weighted by atomic mass is 9.95. The van der Waals surface area contributed by atoms with Gasteiger partial charge >= 0.3 is 0 Å². The van der Waals surface area contributed by atoms with Crippen molar-refractivity contribution in [3.05, 3.63) is 65.7 Å². The first-order chi connectivity index (χ1) is 12.7. The molecule has 0 radical (unpaired) electrons. The van der Waals surface area contributed by atoms with E-state index < -0.39 is 0 Å². The summed E-state index contributed by atoms with van der Waals surface area (Å²) in [7, 11) is 0. The summed E-state index contributed by atoms with van der Waals surface area (Å²) in [5, 5.41) is 6.00. The number of nitrogens with one attached hydrogen (secondary N) is 2. The Hall–Kier alpha value is -2.62. The third kappa shape index (κ3) is 5.45. The van der Waals surface area contributed by atoms with Crippen LogP contribution in [0.3, 0.4) is 0 Å². The van der Waals surface area contributed by atoms with Crippen molar-refractivity contribution in [3.8, 4) is 0 Å². The average Bonchev–Trinajstić information content (AvgIpc) is 2.68. The largest absolute Gasteiger partial charge is 0.349 e. The quantitative estimate of drug-likeness (QED) is 0.815. The molecule has 0 aromatic heterocycles. The number of carbonyl (C=O) groups is 2. The molecule has 0 atom stereocenters. The molecule has 0 heterocycles. The number of aryl methyl sites for hydroxylation is 1. The van der Waals surface area contributed by atoms with E-state index in [-0.39, 0.29) is 11.8 Å². The zero-order chi connectivity index (χ0) is 18.2. The predicted octanol–water partition coefficient (Wildman–Crippen LogP) is 4.32. The van der Waals surface area contributed by atoms with Gasteiger partial charge in [0.15, 0.2) is 0 Å². The van der Waals surface area contributed by atoms with Gasteiger partial charge in [0.25, 0.3) is 5.91 Å². The molecule has 2 aromatic rings. The van der Waals surface area contributed by atoms with E-state index in [0.717, 1.165) is 24.1 Å². The minimum Gasteiger partial charge on any atom is -0.349 e. The summed E-state index contributed by atoms with van der Waals surface area (Å²) in [6.45, 7) is 0. The maximum Gasteiger partial charge on any atom is 0.251 e. The molecule has 2 aromatic carbocycles. The van der Waals surface area contributed by atoms with Crippen LogP contribution in [0, 0.1) is 0 Å². The van der Waals surface area contributed by atoms with Gasteiger partial charge < -0.3 is 10.6 Å². The molecular weight excluding hydrogens is 324 g/mol. The highest BCUT2D eigenvalue weighted by atomic mass is 16.2. The van der Waals surface area contributed by atoms with Gasteiger partial charge in [-0.2, -0.15) is 0 Å². The van der Waals surface area contributed by atoms with Gasteiger partial charge in [-0.1, -0.05) is 49.6 Å². The molecule has 0 saturated heterocycles. The van der Waals surface area contributed by atoms with Crippen molar-refractivity contribution >= 4 is 17.5 Å². The van der Waals surface area contributed by atoms with Crippen LogP contribution in [-0.4, -0.2) is 17.9 Å². The van der Waals surface area contributed by atoms with Crippen LogP contribution >= 0.6 is 0 Å². The fraction of sp³-hybridized carbons (Fsp3) is 0.364. The summed E-state index contributed by atoms with van der Waals surface area (Å²) in [6.07, 6.45) is 6.95. The van der Waals surface area contributed by atoms with E-state index in [1.54, 1.807) is 24.3 Å². The Morgan fingerprint density at radius 3 is 2.27 bits per heavy atom. The lowest BCUT2D eigenvalue weighted by Crippen LogP contribution is -2.36. The zero-order valence-electron chi connectivity index (χ0n) is 15.0. The maximum absolute atomic E-state index is 12.3. The normalized spacial score (nSPS) is 14.6. The Bertz CT molecular complexity index is 720. The molecule has 0 spiro atoms. The lowest BCUT2D eigenvalue weighted by Gasteiger charge is -2.22. The Balaban J connectivity index is 1.47. The van der Waals surface area contributed by atoms with Crippen LogP contribution in [0.1, 0.15) is 54.4 Å². The van der Waals surface area contributed by atoms with E-state index in [0.29, 0.717) is 24.4 Å². The predicted molar refractivity (Wildman–Crippen MR) is 104 cm³/mol. The van der Waals surface area contributed by atoms with E-state index in [1.165, 1.54) is 19.3 Å². The minimum atomic E-state index is -0.0288. The highest BCUT2D eigenvalue weighted by Crippen LogP contribution is 2.18. The van der Waals surface area contributed by atoms with Crippen LogP contribution in [-0.2, 0) is 11.2 Å². The van der Waals surface area contributed by atoms with Crippen molar-refractivity contribution in [1.29, 1.82) is 0 Å². The first-order valence-electron chi connectivity index (χ1n) is 9.45. The van der Waals surface area contributed by atoms with Gasteiger partial charge in [-0.05, 0) is 49.1 Å². The van der Waals surface area contributed by atoms with Gasteiger partial charge in [-0.25, -0.2) is 0 Å². The summed E-state index contributed by atoms with van der Waals surface area (Å²) in [4.78, 5) is 24.4. The molecule has 0 unspecified atom stereocenters. The second-order valence-corrected chi connectivity index (χ2v) is 6.92. The van der Waals surface area contributed by atoms with Crippen LogP contribution in [0.2, 0.25) is 0 Å². The fourth-order valence-electron chi connectivity index (χ4n) is 3.35. The number of hydrogen-bond acceptors (Lipinski definition) is 2. The fourth-order valence-corrected chi connectivity index (χ4v) is 3.35. The Labute approximate surface area is 155 Å². The maximum atomic E-state index is 12.3. The lowest BCUT2D eigenvalue weighted by molar-refractivity contribution is -0.116. The van der Waals surface area contributed by atoms with E-state index in [4.69, 9.17) is 0 Å². The van der Waals surface area contributed by atoms with Crippen LogP contribution in [0.4, 0.5) is 5.69 Å². The number of carbonyl (C=O) groups excluding carboxylic acids is 2. The number of benzene rings is 2. The SMILES string of the molecule is O=C(CCc1ccccc1)Nc1ccc(C(=O)NC2CCCCC2)cc1. The van der Waals surface area contributed by atoms with Crippen molar-refractivity contribution in [2.24, 2.45) is 0 Å². The summed E-state index contributed by atoms with van der Waals surface area (Å²) >= 11 is 0. The molecule has 4 heteroatoms. The summed E-state index contributed by atoms with van der Waals surface area (Å²) < 4.78 is 0. The molecule has 3 rings (SSSR count). The molecule has 2 amide bonds. The van der Waals surface area contributed by atoms with Crippen molar-refractivity contribution in [2.45, 2.75) is 51.0 Å². The molecule has 1 aliphatic rings. The monoisotopic (exact) mass is 350 g/mol. The van der Waals surface area contributed by atoms with Crippen molar-refractivity contribution in [3.63, 3.8) is 0 Å². The number of amides is 2. The van der Waals surface area contributed by atoms with Gasteiger partial charge in [0, 0.05) is 23.7 Å². The molecule has 4 nitrogen and oxygen atoms in total. The molecule has 26 heavy (non-hydrogen) atoms. The molecule has 1 saturated carbocycles. The van der Waals surface area contributed by atoms with Crippen LogP contribution in [0.5, 0.6) is 0 Å². The van der Waals surface area contributed by atoms with Gasteiger partial charge in [-0.3, -0.25) is 9.59 Å². The van der Waals surface area contributed by atoms with E-state index in [2.05, 4.69) is 10.6 Å². The molecule has 2 N–H and O–H groups in total. The highest BCUT2D eigenvalue weighted by molar-refractivity contribution is 5.96. The first kappa shape index (κ1) is 18.2. The van der Waals surface area contributed by atoms with Crippen LogP contribution in [0.25, 0.3) is 0 Å². The average molecular weight is 350 g/mol. The van der Waals surface area contributed by atoms with Crippen LogP contribution < -0.4 is 10.6 Å². The molecule has 136 valence electrons. The summed E-state index contributed by atoms with van der Waals surface area (Å²) in [6, 6.07) is 17.4. The smallest absolute Gasteiger partial charge is 0.251 e. The van der Waals surface area contributed by atoms with Gasteiger partial charge in [0.2, 0.25) is 5.91 Å². The standard InChI is InChI=1S/C22H26N2O2/c25-21(16-11-17-7-3-1-4-8-17)23-20-14-12-18(13-15-20)22(26)24-19-9-5-2-6-10-19/h1,3-4,7-8,12-15,19H,2,5-6,9-11,16H2,(H,23,25)(H,24,26). The summed E-state index contributed by atoms with van der Waals surface area (Å²) in [5.74, 6) is -0.0490. The third-order valence-electron chi connectivity index (χ3n) is 4.85. The Morgan fingerprint density at radius 1 is 0.885 bits per heavy atom. The second kappa shape index (κ2) is 9.18. The van der Waals surface area contributed by atoms with Gasteiger partial charge in [-0.15, -0.1) is 0 Å². The Morgan fingerprint density at radius 2 is 1.58 bits per heavy atom. The van der Waals surface area contributed by atoms with Gasteiger partial charge in [0.1, 0.15) is 0 Å². The van der Waals surface area contributed by atoms with Crippen molar-refractivity contribution in [1.82, 2.24) is 5.32 Å². The zero-order valence-corrected chi connectivity index (χ0v) is 15.0. The Kier molecular flexibility index (Phi) is 6.42. The molecular formula is C22H26N2O2. The topological polar surface area (TPSA) is 58.2 Å². The van der Waals surface area contributed by atoms with E-state index in [9.17, 15) is 9.59 Å². The van der Waals surface area contributed by atoms with Gasteiger partial charge in [0.05, 0.1) is 0 Å². The van der Waals surface area contributed by atoms with Crippen molar-refractivity contribution in [2.75, 3.05) is 5.32 Å². The summed E-state index contributed by atoms with van der Waals surface area (Å²) in [5.41, 5.74) is 2.51. The molecule has 0 aliphatic heterocycles.